The summed E-state index contributed by atoms with van der Waals surface area (Å²) in [5, 5.41) is 5.53. The van der Waals surface area contributed by atoms with E-state index in [-0.39, 0.29) is 17.9 Å². The first kappa shape index (κ1) is 15.7. The minimum atomic E-state index is -0.340. The first-order valence-electron chi connectivity index (χ1n) is 7.53. The van der Waals surface area contributed by atoms with Crippen LogP contribution in [0.3, 0.4) is 0 Å². The number of aromatic nitrogens is 2. The number of carbonyl (C=O) groups is 1. The van der Waals surface area contributed by atoms with Crippen LogP contribution in [-0.2, 0) is 0 Å². The maximum atomic E-state index is 12.9. The van der Waals surface area contributed by atoms with Crippen molar-refractivity contribution >= 4 is 11.7 Å². The summed E-state index contributed by atoms with van der Waals surface area (Å²) in [5.74, 6) is -0.340. The third kappa shape index (κ3) is 3.78. The Morgan fingerprint density at radius 2 is 1.83 bits per heavy atom. The zero-order valence-corrected chi connectivity index (χ0v) is 13.1. The summed E-state index contributed by atoms with van der Waals surface area (Å²) in [5.41, 5.74) is 2.52. The molecule has 0 bridgehead atoms. The number of benzene rings is 2. The maximum Gasteiger partial charge on any atom is 0.319 e. The van der Waals surface area contributed by atoms with E-state index in [1.54, 1.807) is 12.5 Å². The third-order valence-corrected chi connectivity index (χ3v) is 3.65. The Labute approximate surface area is 139 Å². The molecular weight excluding hydrogens is 307 g/mol. The first-order valence-corrected chi connectivity index (χ1v) is 7.53. The summed E-state index contributed by atoms with van der Waals surface area (Å²) < 4.78 is 14.8. The Bertz CT molecular complexity index is 798. The van der Waals surface area contributed by atoms with Crippen molar-refractivity contribution in [1.82, 2.24) is 14.9 Å². The normalized spacial score (nSPS) is 11.8. The van der Waals surface area contributed by atoms with Gasteiger partial charge < -0.3 is 15.2 Å². The molecule has 0 unspecified atom stereocenters. The van der Waals surface area contributed by atoms with Gasteiger partial charge in [0.2, 0.25) is 0 Å². The van der Waals surface area contributed by atoms with Gasteiger partial charge in [-0.1, -0.05) is 12.1 Å². The topological polar surface area (TPSA) is 59.0 Å². The molecule has 0 aliphatic carbocycles. The molecule has 6 heteroatoms. The fraction of sp³-hybridized carbons (Fsp3) is 0.111. The van der Waals surface area contributed by atoms with Gasteiger partial charge in [0.25, 0.3) is 0 Å². The summed E-state index contributed by atoms with van der Waals surface area (Å²) in [4.78, 5) is 16.0. The van der Waals surface area contributed by atoms with E-state index in [9.17, 15) is 9.18 Å². The number of halogens is 1. The van der Waals surface area contributed by atoms with Gasteiger partial charge in [-0.05, 0) is 48.9 Å². The average Bonchev–Trinajstić information content (AvgIpc) is 3.11. The summed E-state index contributed by atoms with van der Waals surface area (Å²) in [6, 6.07) is 13.0. The molecule has 0 radical (unpaired) electrons. The van der Waals surface area contributed by atoms with Crippen molar-refractivity contribution in [2.75, 3.05) is 5.32 Å². The van der Waals surface area contributed by atoms with E-state index in [2.05, 4.69) is 15.6 Å². The number of nitrogens with zero attached hydrogens (tertiary/aromatic N) is 2. The predicted molar refractivity (Wildman–Crippen MR) is 90.5 cm³/mol. The minimum Gasteiger partial charge on any atom is -0.331 e. The highest BCUT2D eigenvalue weighted by Gasteiger charge is 2.10. The number of imidazole rings is 1. The number of hydrogen-bond acceptors (Lipinski definition) is 2. The van der Waals surface area contributed by atoms with Crippen LogP contribution in [0.25, 0.3) is 5.69 Å². The van der Waals surface area contributed by atoms with Crippen LogP contribution in [0.1, 0.15) is 18.5 Å². The fourth-order valence-corrected chi connectivity index (χ4v) is 2.33. The molecule has 5 nitrogen and oxygen atoms in total. The molecular formula is C18H17FN4O. The number of urea groups is 1. The summed E-state index contributed by atoms with van der Waals surface area (Å²) in [7, 11) is 0. The highest BCUT2D eigenvalue weighted by molar-refractivity contribution is 5.89. The molecule has 3 aromatic rings. The van der Waals surface area contributed by atoms with Crippen molar-refractivity contribution in [2.24, 2.45) is 0 Å². The van der Waals surface area contributed by atoms with Crippen LogP contribution < -0.4 is 10.6 Å². The van der Waals surface area contributed by atoms with Crippen LogP contribution in [0.2, 0.25) is 0 Å². The number of amides is 2. The number of nitrogens with one attached hydrogen (secondary N) is 2. The van der Waals surface area contributed by atoms with E-state index >= 15 is 0 Å². The van der Waals surface area contributed by atoms with Crippen molar-refractivity contribution < 1.29 is 9.18 Å². The maximum absolute atomic E-state index is 12.9. The number of rotatable bonds is 4. The molecule has 2 N–H and O–H groups in total. The minimum absolute atomic E-state index is 0.165. The lowest BCUT2D eigenvalue weighted by atomic mass is 10.1. The van der Waals surface area contributed by atoms with Crippen LogP contribution in [-0.4, -0.2) is 15.6 Å². The Morgan fingerprint density at radius 3 is 2.46 bits per heavy atom. The van der Waals surface area contributed by atoms with Gasteiger partial charge in [0, 0.05) is 23.8 Å². The molecule has 122 valence electrons. The molecule has 0 aliphatic heterocycles. The SMILES string of the molecule is C[C@H](NC(=O)Nc1ccc(F)cc1)c1ccc(-n2ccnc2)cc1. The second kappa shape index (κ2) is 6.95. The van der Waals surface area contributed by atoms with Gasteiger partial charge in [-0.2, -0.15) is 0 Å². The van der Waals surface area contributed by atoms with Crippen LogP contribution in [0.5, 0.6) is 0 Å². The zero-order valence-electron chi connectivity index (χ0n) is 13.1. The molecule has 0 spiro atoms. The number of anilines is 1. The van der Waals surface area contributed by atoms with Gasteiger partial charge in [0.15, 0.2) is 0 Å². The Hall–Kier alpha value is -3.15. The molecule has 1 atom stereocenters. The second-order valence-electron chi connectivity index (χ2n) is 5.39. The predicted octanol–water partition coefficient (Wildman–Crippen LogP) is 3.89. The van der Waals surface area contributed by atoms with Gasteiger partial charge in [0.05, 0.1) is 12.4 Å². The van der Waals surface area contributed by atoms with Crippen molar-refractivity contribution in [2.45, 2.75) is 13.0 Å². The van der Waals surface area contributed by atoms with Gasteiger partial charge in [-0.3, -0.25) is 0 Å². The van der Waals surface area contributed by atoms with Gasteiger partial charge in [0.1, 0.15) is 5.82 Å². The lowest BCUT2D eigenvalue weighted by Gasteiger charge is -2.15. The fourth-order valence-electron chi connectivity index (χ4n) is 2.33. The Morgan fingerprint density at radius 1 is 1.12 bits per heavy atom. The smallest absolute Gasteiger partial charge is 0.319 e. The van der Waals surface area contributed by atoms with Crippen molar-refractivity contribution in [3.8, 4) is 5.69 Å². The molecule has 1 aromatic heterocycles. The monoisotopic (exact) mass is 324 g/mol. The van der Waals surface area contributed by atoms with Crippen molar-refractivity contribution in [3.63, 3.8) is 0 Å². The van der Waals surface area contributed by atoms with E-state index in [0.717, 1.165) is 11.3 Å². The average molecular weight is 324 g/mol. The Kier molecular flexibility index (Phi) is 4.56. The largest absolute Gasteiger partial charge is 0.331 e. The van der Waals surface area contributed by atoms with Crippen LogP contribution >= 0.6 is 0 Å². The highest BCUT2D eigenvalue weighted by Crippen LogP contribution is 2.16. The van der Waals surface area contributed by atoms with Crippen LogP contribution in [0.15, 0.2) is 67.3 Å². The summed E-state index contributed by atoms with van der Waals surface area (Å²) in [6.07, 6.45) is 5.32. The molecule has 1 heterocycles. The lowest BCUT2D eigenvalue weighted by molar-refractivity contribution is 0.249. The summed E-state index contributed by atoms with van der Waals surface area (Å²) in [6.45, 7) is 1.90. The summed E-state index contributed by atoms with van der Waals surface area (Å²) >= 11 is 0. The zero-order chi connectivity index (χ0) is 16.9. The molecule has 2 aromatic carbocycles. The second-order valence-corrected chi connectivity index (χ2v) is 5.39. The van der Waals surface area contributed by atoms with Gasteiger partial charge in [-0.15, -0.1) is 0 Å². The standard InChI is InChI=1S/C18H17FN4O/c1-13(21-18(24)22-16-6-4-15(19)5-7-16)14-2-8-17(9-3-14)23-11-10-20-12-23/h2-13H,1H3,(H2,21,22,24)/t13-/m0/s1. The van der Waals surface area contributed by atoms with E-state index < -0.39 is 0 Å². The lowest BCUT2D eigenvalue weighted by Crippen LogP contribution is -2.31. The molecule has 3 rings (SSSR count). The molecule has 0 fully saturated rings. The van der Waals surface area contributed by atoms with E-state index in [1.165, 1.54) is 24.3 Å². The van der Waals surface area contributed by atoms with Crippen molar-refractivity contribution in [3.05, 3.63) is 78.6 Å². The van der Waals surface area contributed by atoms with Crippen LogP contribution in [0, 0.1) is 5.82 Å². The van der Waals surface area contributed by atoms with Crippen LogP contribution in [0.4, 0.5) is 14.9 Å². The number of hydrogen-bond donors (Lipinski definition) is 2. The molecule has 0 saturated heterocycles. The quantitative estimate of drug-likeness (QED) is 0.765. The molecule has 24 heavy (non-hydrogen) atoms. The van der Waals surface area contributed by atoms with E-state index in [1.807, 2.05) is 42.0 Å². The highest BCUT2D eigenvalue weighted by atomic mass is 19.1. The van der Waals surface area contributed by atoms with Gasteiger partial charge >= 0.3 is 6.03 Å². The molecule has 2 amide bonds. The first-order chi connectivity index (χ1) is 11.6. The van der Waals surface area contributed by atoms with Crippen molar-refractivity contribution in [1.29, 1.82) is 0 Å². The molecule has 0 saturated carbocycles. The van der Waals surface area contributed by atoms with E-state index in [0.29, 0.717) is 5.69 Å². The number of carbonyl (C=O) groups excluding carboxylic acids is 1. The Balaban J connectivity index is 1.60. The third-order valence-electron chi connectivity index (χ3n) is 3.65. The van der Waals surface area contributed by atoms with Gasteiger partial charge in [-0.25, -0.2) is 14.2 Å². The molecule has 0 aliphatic rings. The van der Waals surface area contributed by atoms with E-state index in [4.69, 9.17) is 0 Å².